The Labute approximate surface area is 164 Å². The van der Waals surface area contributed by atoms with Crippen molar-refractivity contribution in [3.63, 3.8) is 0 Å². The minimum atomic E-state index is -0.985. The Morgan fingerprint density at radius 2 is 1.74 bits per heavy atom. The van der Waals surface area contributed by atoms with E-state index in [9.17, 15) is 15.0 Å². The van der Waals surface area contributed by atoms with Crippen molar-refractivity contribution < 1.29 is 15.0 Å². The van der Waals surface area contributed by atoms with E-state index in [-0.39, 0.29) is 11.6 Å². The summed E-state index contributed by atoms with van der Waals surface area (Å²) in [5.41, 5.74) is 0.704. The van der Waals surface area contributed by atoms with E-state index in [1.165, 1.54) is 51.4 Å². The molecule has 0 spiro atoms. The molecule has 2 rings (SSSR count). The van der Waals surface area contributed by atoms with Crippen LogP contribution in [-0.2, 0) is 0 Å². The minimum Gasteiger partial charge on any atom is -0.478 e. The molecule has 0 saturated carbocycles. The van der Waals surface area contributed by atoms with Gasteiger partial charge < -0.3 is 10.2 Å². The molecule has 1 aromatic rings. The zero-order valence-electron chi connectivity index (χ0n) is 16.9. The largest absolute Gasteiger partial charge is 0.478 e. The van der Waals surface area contributed by atoms with Gasteiger partial charge in [0.1, 0.15) is 0 Å². The second kappa shape index (κ2) is 11.4. The molecule has 2 unspecified atom stereocenters. The molecule has 1 aromatic carbocycles. The fourth-order valence-corrected chi connectivity index (χ4v) is 4.01. The van der Waals surface area contributed by atoms with Crippen LogP contribution in [0.4, 0.5) is 0 Å². The molecule has 0 aliphatic carbocycles. The van der Waals surface area contributed by atoms with Crippen LogP contribution in [0.3, 0.4) is 0 Å². The summed E-state index contributed by atoms with van der Waals surface area (Å²) in [6.45, 7) is 4.90. The first-order valence-electron chi connectivity index (χ1n) is 10.5. The number of hydrogen-bond acceptors (Lipinski definition) is 4. The third kappa shape index (κ3) is 6.59. The average molecular weight is 377 g/mol. The molecule has 0 aromatic heterocycles. The predicted octanol–water partition coefficient (Wildman–Crippen LogP) is 4.13. The van der Waals surface area contributed by atoms with E-state index >= 15 is 0 Å². The van der Waals surface area contributed by atoms with Gasteiger partial charge in [0.15, 0.2) is 0 Å². The van der Waals surface area contributed by atoms with E-state index in [0.29, 0.717) is 5.56 Å². The van der Waals surface area contributed by atoms with Crippen molar-refractivity contribution in [2.24, 2.45) is 0 Å². The number of likely N-dealkylation sites (N-methyl/N-ethyl adjacent to an activating group) is 1. The first-order chi connectivity index (χ1) is 13.0. The van der Waals surface area contributed by atoms with E-state index in [2.05, 4.69) is 16.7 Å². The van der Waals surface area contributed by atoms with E-state index in [1.807, 2.05) is 7.05 Å². The average Bonchev–Trinajstić information content (AvgIpc) is 3.03. The van der Waals surface area contributed by atoms with Crippen molar-refractivity contribution in [3.8, 4) is 0 Å². The Balaban J connectivity index is 1.77. The minimum absolute atomic E-state index is 0.0699. The van der Waals surface area contributed by atoms with Gasteiger partial charge in [-0.3, -0.25) is 9.80 Å². The second-order valence-electron chi connectivity index (χ2n) is 7.85. The summed E-state index contributed by atoms with van der Waals surface area (Å²) in [6, 6.07) is 6.71. The van der Waals surface area contributed by atoms with E-state index < -0.39 is 12.1 Å². The molecule has 1 aliphatic rings. The van der Waals surface area contributed by atoms with Crippen LogP contribution >= 0.6 is 0 Å². The molecule has 27 heavy (non-hydrogen) atoms. The number of aliphatic hydroxyl groups excluding tert-OH is 1. The smallest absolute Gasteiger partial charge is 0.336 e. The molecule has 1 aliphatic heterocycles. The quantitative estimate of drug-likeness (QED) is 0.537. The zero-order valence-corrected chi connectivity index (χ0v) is 16.9. The summed E-state index contributed by atoms with van der Waals surface area (Å²) in [7, 11) is 2.00. The first-order valence-corrected chi connectivity index (χ1v) is 10.5. The normalized spacial score (nSPS) is 19.4. The van der Waals surface area contributed by atoms with Gasteiger partial charge in [0.05, 0.1) is 24.4 Å². The number of aromatic carboxylic acids is 1. The van der Waals surface area contributed by atoms with E-state index in [0.717, 1.165) is 19.8 Å². The topological polar surface area (TPSA) is 64.0 Å². The Hall–Kier alpha value is -1.43. The second-order valence-corrected chi connectivity index (χ2v) is 7.85. The van der Waals surface area contributed by atoms with Crippen molar-refractivity contribution in [2.45, 2.75) is 70.4 Å². The van der Waals surface area contributed by atoms with Gasteiger partial charge in [0, 0.05) is 6.54 Å². The SMILES string of the molecule is CCCCCCCCCCN1CC(C(O)c2ccccc2C(=O)O)N(C)C1. The summed E-state index contributed by atoms with van der Waals surface area (Å²) in [4.78, 5) is 15.9. The summed E-state index contributed by atoms with van der Waals surface area (Å²) >= 11 is 0. The van der Waals surface area contributed by atoms with Gasteiger partial charge in [-0.1, -0.05) is 70.1 Å². The molecule has 1 fully saturated rings. The summed E-state index contributed by atoms with van der Waals surface area (Å²) in [6.07, 6.45) is 9.70. The third-order valence-corrected chi connectivity index (χ3v) is 5.64. The number of hydrogen-bond donors (Lipinski definition) is 2. The monoisotopic (exact) mass is 376 g/mol. The number of carboxylic acids is 1. The van der Waals surface area contributed by atoms with Gasteiger partial charge in [0.25, 0.3) is 0 Å². The third-order valence-electron chi connectivity index (χ3n) is 5.64. The summed E-state index contributed by atoms with van der Waals surface area (Å²) in [5.74, 6) is -0.985. The molecule has 1 heterocycles. The summed E-state index contributed by atoms with van der Waals surface area (Å²) < 4.78 is 0. The Morgan fingerprint density at radius 1 is 1.11 bits per heavy atom. The Morgan fingerprint density at radius 3 is 2.41 bits per heavy atom. The molecular weight excluding hydrogens is 340 g/mol. The van der Waals surface area contributed by atoms with Crippen molar-refractivity contribution in [1.82, 2.24) is 9.80 Å². The van der Waals surface area contributed by atoms with Gasteiger partial charge in [-0.05, 0) is 31.6 Å². The molecule has 2 N–H and O–H groups in total. The van der Waals surface area contributed by atoms with Gasteiger partial charge in [-0.25, -0.2) is 4.79 Å². The van der Waals surface area contributed by atoms with Crippen LogP contribution in [0.2, 0.25) is 0 Å². The van der Waals surface area contributed by atoms with E-state index in [4.69, 9.17) is 0 Å². The molecule has 5 heteroatoms. The van der Waals surface area contributed by atoms with Crippen molar-refractivity contribution in [3.05, 3.63) is 35.4 Å². The first kappa shape index (κ1) is 21.9. The lowest BCUT2D eigenvalue weighted by molar-refractivity contribution is 0.0667. The lowest BCUT2D eigenvalue weighted by Gasteiger charge is -2.25. The highest BCUT2D eigenvalue weighted by atomic mass is 16.4. The van der Waals surface area contributed by atoms with Crippen LogP contribution in [0.15, 0.2) is 24.3 Å². The molecule has 0 amide bonds. The van der Waals surface area contributed by atoms with E-state index in [1.54, 1.807) is 24.3 Å². The number of rotatable bonds is 12. The fraction of sp³-hybridized carbons (Fsp3) is 0.682. The highest BCUT2D eigenvalue weighted by Gasteiger charge is 2.34. The maximum absolute atomic E-state index is 11.4. The fourth-order valence-electron chi connectivity index (χ4n) is 4.01. The van der Waals surface area contributed by atoms with Gasteiger partial charge in [0.2, 0.25) is 0 Å². The molecule has 1 saturated heterocycles. The molecule has 2 atom stereocenters. The maximum Gasteiger partial charge on any atom is 0.336 e. The molecule has 0 radical (unpaired) electrons. The van der Waals surface area contributed by atoms with Crippen LogP contribution in [0, 0.1) is 0 Å². The Kier molecular flexibility index (Phi) is 9.25. The predicted molar refractivity (Wildman–Crippen MR) is 109 cm³/mol. The number of aliphatic hydroxyl groups is 1. The molecule has 152 valence electrons. The standard InChI is InChI=1S/C22H36N2O3/c1-3-4-5-6-7-8-9-12-15-24-16-20(23(2)17-24)21(25)18-13-10-11-14-19(18)22(26)27/h10-11,13-14,20-21,25H,3-9,12,15-17H2,1-2H3,(H,26,27). The molecular formula is C22H36N2O3. The van der Waals surface area contributed by atoms with Gasteiger partial charge >= 0.3 is 5.97 Å². The number of carboxylic acid groups (broad SMARTS) is 1. The van der Waals surface area contributed by atoms with Crippen LogP contribution < -0.4 is 0 Å². The van der Waals surface area contributed by atoms with Crippen molar-refractivity contribution in [2.75, 3.05) is 26.8 Å². The lowest BCUT2D eigenvalue weighted by Crippen LogP contribution is -2.33. The van der Waals surface area contributed by atoms with Crippen LogP contribution in [0.1, 0.15) is 80.3 Å². The summed E-state index contributed by atoms with van der Waals surface area (Å²) in [5, 5.41) is 20.2. The van der Waals surface area contributed by atoms with Gasteiger partial charge in [-0.15, -0.1) is 0 Å². The van der Waals surface area contributed by atoms with Gasteiger partial charge in [-0.2, -0.15) is 0 Å². The van der Waals surface area contributed by atoms with Crippen LogP contribution in [0.5, 0.6) is 0 Å². The number of nitrogens with zero attached hydrogens (tertiary/aromatic N) is 2. The number of benzene rings is 1. The molecule has 5 nitrogen and oxygen atoms in total. The zero-order chi connectivity index (χ0) is 19.6. The maximum atomic E-state index is 11.4. The lowest BCUT2D eigenvalue weighted by atomic mass is 9.97. The highest BCUT2D eigenvalue weighted by Crippen LogP contribution is 2.28. The highest BCUT2D eigenvalue weighted by molar-refractivity contribution is 5.89. The Bertz CT molecular complexity index is 578. The number of unbranched alkanes of at least 4 members (excludes halogenated alkanes) is 7. The van der Waals surface area contributed by atoms with Crippen molar-refractivity contribution in [1.29, 1.82) is 0 Å². The number of carbonyl (C=O) groups is 1. The van der Waals surface area contributed by atoms with Crippen LogP contribution in [0.25, 0.3) is 0 Å². The molecule has 0 bridgehead atoms. The van der Waals surface area contributed by atoms with Crippen LogP contribution in [-0.4, -0.2) is 58.8 Å². The van der Waals surface area contributed by atoms with Crippen molar-refractivity contribution >= 4 is 5.97 Å².